The van der Waals surface area contributed by atoms with Crippen LogP contribution in [-0.2, 0) is 0 Å². The molecule has 0 saturated carbocycles. The number of hydrogen-bond acceptors (Lipinski definition) is 1. The van der Waals surface area contributed by atoms with Crippen molar-refractivity contribution in [2.45, 2.75) is 0 Å². The number of rotatable bonds is 12. The molecule has 0 aliphatic carbocycles. The lowest BCUT2D eigenvalue weighted by atomic mass is 9.98. The van der Waals surface area contributed by atoms with Gasteiger partial charge in [-0.1, -0.05) is 218 Å². The first-order valence-corrected chi connectivity index (χ1v) is 37.1. The summed E-state index contributed by atoms with van der Waals surface area (Å²) in [5.41, 5.74) is 29.9. The lowest BCUT2D eigenvalue weighted by Gasteiger charge is -2.25. The zero-order valence-corrected chi connectivity index (χ0v) is 58.8. The fourth-order valence-electron chi connectivity index (χ4n) is 17.6. The van der Waals surface area contributed by atoms with Gasteiger partial charge in [-0.2, -0.15) is 0 Å². The normalized spacial score (nSPS) is 11.9. The van der Waals surface area contributed by atoms with Crippen molar-refractivity contribution in [1.82, 2.24) is 22.8 Å². The molecule has 108 heavy (non-hydrogen) atoms. The summed E-state index contributed by atoms with van der Waals surface area (Å²) < 4.78 is 12.2. The highest BCUT2D eigenvalue weighted by Crippen LogP contribution is 2.47. The number of benzene rings is 17. The number of anilines is 3. The van der Waals surface area contributed by atoms with Crippen molar-refractivity contribution < 1.29 is 0 Å². The summed E-state index contributed by atoms with van der Waals surface area (Å²) in [6.45, 7) is 0. The molecule has 0 radical (unpaired) electrons. The summed E-state index contributed by atoms with van der Waals surface area (Å²) in [7, 11) is 0. The Morgan fingerprint density at radius 1 is 0.148 bits per heavy atom. The molecule has 0 atom stereocenters. The first-order chi connectivity index (χ1) is 53.6. The van der Waals surface area contributed by atoms with Gasteiger partial charge in [0.1, 0.15) is 0 Å². The Morgan fingerprint density at radius 2 is 0.417 bits per heavy atom. The van der Waals surface area contributed by atoms with Gasteiger partial charge < -0.3 is 27.7 Å². The summed E-state index contributed by atoms with van der Waals surface area (Å²) in [6.07, 6.45) is 0. The fraction of sp³-hybridized carbons (Fsp3) is 0. The highest BCUT2D eigenvalue weighted by Gasteiger charge is 2.24. The second-order valence-electron chi connectivity index (χ2n) is 28.4. The van der Waals surface area contributed by atoms with Gasteiger partial charge in [-0.3, -0.25) is 0 Å². The van der Waals surface area contributed by atoms with Crippen molar-refractivity contribution in [3.63, 3.8) is 0 Å². The van der Waals surface area contributed by atoms with Gasteiger partial charge in [0.15, 0.2) is 0 Å². The van der Waals surface area contributed by atoms with Crippen LogP contribution in [0.1, 0.15) is 0 Å². The predicted molar refractivity (Wildman–Crippen MR) is 455 cm³/mol. The first-order valence-electron chi connectivity index (χ1n) is 37.1. The fourth-order valence-corrected chi connectivity index (χ4v) is 17.6. The van der Waals surface area contributed by atoms with Crippen molar-refractivity contribution in [3.8, 4) is 72.9 Å². The topological polar surface area (TPSA) is 27.9 Å². The SMILES string of the molecule is c1ccc(N(c2ccccc2)c2ccc(-c3ccc4c(c3)c3cc5c(cc3n4-c3ccccc3)c3ccccc3n5-c3ccccc3-c3ccc4c5cc(-c6ccc7c(c6)c6cc(-c8ccc9c(c8)c8ccccc8n9-c8ccccc8)ccc6n7-c6ccccc6)ccc5n(-c5ccccc5)c4c3)cc2)cc1. The van der Waals surface area contributed by atoms with Crippen molar-refractivity contribution in [1.29, 1.82) is 0 Å². The molecule has 22 aromatic rings. The van der Waals surface area contributed by atoms with Gasteiger partial charge in [0.2, 0.25) is 0 Å². The molecule has 5 aromatic heterocycles. The molecule has 0 unspecified atom stereocenters. The van der Waals surface area contributed by atoms with E-state index in [-0.39, 0.29) is 0 Å². The average Bonchev–Trinajstić information content (AvgIpc) is 1.62. The number of fused-ring (bicyclic) bond motifs is 15. The van der Waals surface area contributed by atoms with Gasteiger partial charge in [-0.25, -0.2) is 0 Å². The second kappa shape index (κ2) is 24.6. The molecule has 0 N–H and O–H groups in total. The van der Waals surface area contributed by atoms with Crippen LogP contribution in [0.25, 0.3) is 182 Å². The molecular formula is C102H66N6. The molecule has 6 nitrogen and oxygen atoms in total. The van der Waals surface area contributed by atoms with E-state index in [1.54, 1.807) is 0 Å². The third kappa shape index (κ3) is 9.67. The predicted octanol–water partition coefficient (Wildman–Crippen LogP) is 27.3. The molecular weight excluding hydrogens is 1310 g/mol. The molecule has 0 bridgehead atoms. The molecule has 0 spiro atoms. The van der Waals surface area contributed by atoms with Crippen molar-refractivity contribution in [2.75, 3.05) is 4.90 Å². The summed E-state index contributed by atoms with van der Waals surface area (Å²) >= 11 is 0. The molecule has 0 aliphatic rings. The standard InChI is InChI=1S/C102H66N6/c1-7-25-74(26-8-1)103(75-27-9-2-10-28-75)80-51-43-67(44-52-80)68-46-54-99-89(59-68)91-66-102-90(65-101(91)107(99)79-35-17-6-18-36-79)83-39-21-24-42-94(83)108(102)92-40-22-19-37-81(92)73-45-53-84-86-61-70(48-56-96(86)106(100(84)64-73)78-33-15-5-16-34-78)72-50-58-98-88(63-72)87-62-71(49-57-97(87)105(98)77-31-13-4-14-32-77)69-47-55-95-85(60-69)82-38-20-23-41-93(82)104(95)76-29-11-3-12-30-76/h1-66H. The third-order valence-electron chi connectivity index (χ3n) is 22.4. The molecule has 6 heteroatoms. The largest absolute Gasteiger partial charge is 0.311 e. The Labute approximate surface area is 623 Å². The molecule has 0 aliphatic heterocycles. The molecule has 504 valence electrons. The molecule has 0 saturated heterocycles. The van der Waals surface area contributed by atoms with Crippen LogP contribution in [0.3, 0.4) is 0 Å². The smallest absolute Gasteiger partial charge is 0.0549 e. The Bertz CT molecular complexity index is 7270. The Morgan fingerprint density at radius 3 is 0.852 bits per heavy atom. The van der Waals surface area contributed by atoms with Gasteiger partial charge in [0.25, 0.3) is 0 Å². The quantitative estimate of drug-likeness (QED) is 0.120. The van der Waals surface area contributed by atoms with Crippen LogP contribution in [0, 0.1) is 0 Å². The summed E-state index contributed by atoms with van der Waals surface area (Å²) in [4.78, 5) is 2.32. The van der Waals surface area contributed by atoms with Crippen molar-refractivity contribution in [3.05, 3.63) is 400 Å². The maximum atomic E-state index is 2.52. The van der Waals surface area contributed by atoms with E-state index >= 15 is 0 Å². The lowest BCUT2D eigenvalue weighted by Crippen LogP contribution is -2.09. The first kappa shape index (κ1) is 61.1. The van der Waals surface area contributed by atoms with Crippen LogP contribution in [0.15, 0.2) is 400 Å². The van der Waals surface area contributed by atoms with Crippen LogP contribution in [-0.4, -0.2) is 22.8 Å². The van der Waals surface area contributed by atoms with Gasteiger partial charge >= 0.3 is 0 Å². The highest BCUT2D eigenvalue weighted by atomic mass is 15.1. The van der Waals surface area contributed by atoms with E-state index < -0.39 is 0 Å². The lowest BCUT2D eigenvalue weighted by molar-refractivity contribution is 1.17. The van der Waals surface area contributed by atoms with E-state index in [4.69, 9.17) is 0 Å². The number of aromatic nitrogens is 5. The van der Waals surface area contributed by atoms with Gasteiger partial charge in [0.05, 0.1) is 60.9 Å². The van der Waals surface area contributed by atoms with Gasteiger partial charge in [-0.15, -0.1) is 0 Å². The van der Waals surface area contributed by atoms with E-state index in [9.17, 15) is 0 Å². The third-order valence-corrected chi connectivity index (χ3v) is 22.4. The number of nitrogens with zero attached hydrogens (tertiary/aromatic N) is 6. The zero-order chi connectivity index (χ0) is 70.9. The van der Waals surface area contributed by atoms with Crippen molar-refractivity contribution >= 4 is 126 Å². The van der Waals surface area contributed by atoms with Crippen LogP contribution in [0.2, 0.25) is 0 Å². The Hall–Kier alpha value is -14.5. The highest BCUT2D eigenvalue weighted by molar-refractivity contribution is 6.21. The minimum Gasteiger partial charge on any atom is -0.311 e. The van der Waals surface area contributed by atoms with E-state index in [1.807, 2.05) is 0 Å². The van der Waals surface area contributed by atoms with E-state index in [0.29, 0.717) is 0 Å². The monoisotopic (exact) mass is 1370 g/mol. The zero-order valence-electron chi connectivity index (χ0n) is 58.8. The maximum absolute atomic E-state index is 2.52. The minimum atomic E-state index is 1.10. The van der Waals surface area contributed by atoms with Gasteiger partial charge in [0, 0.05) is 99.2 Å². The maximum Gasteiger partial charge on any atom is 0.0549 e. The van der Waals surface area contributed by atoms with Crippen molar-refractivity contribution in [2.24, 2.45) is 0 Å². The molecule has 5 heterocycles. The van der Waals surface area contributed by atoms with E-state index in [2.05, 4.69) is 428 Å². The van der Waals surface area contributed by atoms with E-state index in [1.165, 1.54) is 87.1 Å². The Balaban J connectivity index is 0.676. The summed E-state index contributed by atoms with van der Waals surface area (Å²) in [6, 6.07) is 147. The minimum absolute atomic E-state index is 1.10. The van der Waals surface area contributed by atoms with Crippen LogP contribution >= 0.6 is 0 Å². The van der Waals surface area contributed by atoms with Gasteiger partial charge in [-0.05, 0) is 221 Å². The second-order valence-corrected chi connectivity index (χ2v) is 28.4. The Kier molecular flexibility index (Phi) is 13.9. The molecule has 0 fully saturated rings. The van der Waals surface area contributed by atoms with Crippen LogP contribution in [0.4, 0.5) is 17.1 Å². The molecule has 22 rings (SSSR count). The number of para-hydroxylation sites is 9. The molecule has 0 amide bonds. The summed E-state index contributed by atoms with van der Waals surface area (Å²) in [5.74, 6) is 0. The number of hydrogen-bond donors (Lipinski definition) is 0. The van der Waals surface area contributed by atoms with E-state index in [0.717, 1.165) is 112 Å². The van der Waals surface area contributed by atoms with Crippen LogP contribution in [0.5, 0.6) is 0 Å². The average molecular weight is 1380 g/mol. The van der Waals surface area contributed by atoms with Crippen LogP contribution < -0.4 is 4.90 Å². The molecule has 17 aromatic carbocycles. The summed E-state index contributed by atoms with van der Waals surface area (Å²) in [5, 5.41) is 12.1.